The lowest BCUT2D eigenvalue weighted by Gasteiger charge is -2.47. The maximum absolute atomic E-state index is 11.9. The predicted octanol–water partition coefficient (Wildman–Crippen LogP) is 3.72. The molecule has 0 unspecified atom stereocenters. The van der Waals surface area contributed by atoms with Gasteiger partial charge < -0.3 is 14.8 Å². The van der Waals surface area contributed by atoms with Crippen LogP contribution in [-0.4, -0.2) is 41.7 Å². The lowest BCUT2D eigenvalue weighted by atomic mass is 9.67. The molecule has 1 aromatic rings. The second-order valence-electron chi connectivity index (χ2n) is 8.70. The van der Waals surface area contributed by atoms with Crippen LogP contribution in [0.4, 0.5) is 0 Å². The standard InChI is InChI=1S/C21H33N3O.2ClH/c1-23-13-4-18(16-20(23)25)17-5-14-24(15-6-17)19-2-7-21(8-3-19)9-11-22-12-10-21;;/h4,13,16-17,19,22H,2-3,5-12,14-15H2,1H3;2*1H. The first-order valence-electron chi connectivity index (χ1n) is 10.3. The second-order valence-corrected chi connectivity index (χ2v) is 8.70. The Morgan fingerprint density at radius 2 is 1.63 bits per heavy atom. The monoisotopic (exact) mass is 415 g/mol. The molecular formula is C21H35Cl2N3O. The summed E-state index contributed by atoms with van der Waals surface area (Å²) in [5, 5.41) is 3.52. The molecule has 0 bridgehead atoms. The van der Waals surface area contributed by atoms with Crippen molar-refractivity contribution >= 4 is 24.8 Å². The number of hydrogen-bond acceptors (Lipinski definition) is 3. The van der Waals surface area contributed by atoms with Gasteiger partial charge in [-0.1, -0.05) is 0 Å². The van der Waals surface area contributed by atoms with Gasteiger partial charge in [0.15, 0.2) is 0 Å². The fourth-order valence-corrected chi connectivity index (χ4v) is 5.45. The van der Waals surface area contributed by atoms with Crippen LogP contribution in [0.2, 0.25) is 0 Å². The fraction of sp³-hybridized carbons (Fsp3) is 0.762. The molecule has 1 spiro atoms. The minimum Gasteiger partial charge on any atom is -0.319 e. The fourth-order valence-electron chi connectivity index (χ4n) is 5.45. The highest BCUT2D eigenvalue weighted by atomic mass is 35.5. The molecule has 4 nitrogen and oxygen atoms in total. The van der Waals surface area contributed by atoms with Gasteiger partial charge in [0.2, 0.25) is 0 Å². The number of aryl methyl sites for hydroxylation is 1. The van der Waals surface area contributed by atoms with Gasteiger partial charge in [0.05, 0.1) is 0 Å². The summed E-state index contributed by atoms with van der Waals surface area (Å²) in [6.07, 6.45) is 12.8. The first kappa shape index (κ1) is 22.7. The molecule has 27 heavy (non-hydrogen) atoms. The first-order valence-corrected chi connectivity index (χ1v) is 10.3. The normalized spacial score (nSPS) is 24.2. The van der Waals surface area contributed by atoms with Crippen LogP contribution >= 0.6 is 24.8 Å². The predicted molar refractivity (Wildman–Crippen MR) is 117 cm³/mol. The number of nitrogens with one attached hydrogen (secondary N) is 1. The third kappa shape index (κ3) is 5.09. The molecule has 154 valence electrons. The molecule has 3 aliphatic rings. The Labute approximate surface area is 175 Å². The molecule has 1 aliphatic carbocycles. The van der Waals surface area contributed by atoms with Gasteiger partial charge in [0.25, 0.3) is 5.56 Å². The van der Waals surface area contributed by atoms with Crippen molar-refractivity contribution in [2.75, 3.05) is 26.2 Å². The summed E-state index contributed by atoms with van der Waals surface area (Å²) in [5.74, 6) is 0.574. The van der Waals surface area contributed by atoms with Gasteiger partial charge >= 0.3 is 0 Å². The Morgan fingerprint density at radius 1 is 1.00 bits per heavy atom. The van der Waals surface area contributed by atoms with Crippen molar-refractivity contribution in [3.05, 3.63) is 34.2 Å². The minimum absolute atomic E-state index is 0. The summed E-state index contributed by atoms with van der Waals surface area (Å²) in [5.41, 5.74) is 2.05. The van der Waals surface area contributed by atoms with Crippen LogP contribution in [0, 0.1) is 5.41 Å². The van der Waals surface area contributed by atoms with E-state index in [2.05, 4.69) is 16.3 Å². The van der Waals surface area contributed by atoms with Crippen molar-refractivity contribution in [1.82, 2.24) is 14.8 Å². The molecule has 2 aliphatic heterocycles. The number of rotatable bonds is 2. The van der Waals surface area contributed by atoms with E-state index in [4.69, 9.17) is 0 Å². The molecule has 0 atom stereocenters. The van der Waals surface area contributed by atoms with Crippen molar-refractivity contribution in [1.29, 1.82) is 0 Å². The molecule has 1 saturated carbocycles. The molecule has 3 heterocycles. The number of likely N-dealkylation sites (tertiary alicyclic amines) is 1. The average Bonchev–Trinajstić information content (AvgIpc) is 2.66. The summed E-state index contributed by atoms with van der Waals surface area (Å²) in [7, 11) is 1.83. The summed E-state index contributed by atoms with van der Waals surface area (Å²) in [6, 6.07) is 4.80. The van der Waals surface area contributed by atoms with Crippen molar-refractivity contribution < 1.29 is 0 Å². The van der Waals surface area contributed by atoms with Gasteiger partial charge in [-0.05, 0) is 101 Å². The zero-order chi connectivity index (χ0) is 17.3. The number of aromatic nitrogens is 1. The van der Waals surface area contributed by atoms with E-state index in [1.54, 1.807) is 4.57 Å². The van der Waals surface area contributed by atoms with E-state index in [1.165, 1.54) is 83.1 Å². The first-order chi connectivity index (χ1) is 12.2. The highest BCUT2D eigenvalue weighted by molar-refractivity contribution is 5.85. The molecular weight excluding hydrogens is 381 g/mol. The number of hydrogen-bond donors (Lipinski definition) is 1. The summed E-state index contributed by atoms with van der Waals surface area (Å²) in [4.78, 5) is 14.6. The summed E-state index contributed by atoms with van der Waals surface area (Å²) < 4.78 is 1.66. The molecule has 0 radical (unpaired) electrons. The van der Waals surface area contributed by atoms with E-state index < -0.39 is 0 Å². The van der Waals surface area contributed by atoms with E-state index in [0.717, 1.165) is 6.04 Å². The molecule has 0 amide bonds. The molecule has 2 saturated heterocycles. The van der Waals surface area contributed by atoms with Crippen molar-refractivity contribution in [2.24, 2.45) is 12.5 Å². The number of halogens is 2. The topological polar surface area (TPSA) is 37.3 Å². The van der Waals surface area contributed by atoms with Crippen LogP contribution in [0.1, 0.15) is 62.8 Å². The van der Waals surface area contributed by atoms with E-state index in [-0.39, 0.29) is 30.4 Å². The lowest BCUT2D eigenvalue weighted by Crippen LogP contribution is -2.46. The van der Waals surface area contributed by atoms with E-state index in [9.17, 15) is 4.79 Å². The molecule has 0 aromatic carbocycles. The average molecular weight is 416 g/mol. The Balaban J connectivity index is 0.00000131. The van der Waals surface area contributed by atoms with E-state index in [0.29, 0.717) is 11.3 Å². The van der Waals surface area contributed by atoms with Gasteiger partial charge in [0, 0.05) is 25.4 Å². The van der Waals surface area contributed by atoms with Crippen molar-refractivity contribution in [2.45, 2.75) is 63.3 Å². The van der Waals surface area contributed by atoms with E-state index in [1.807, 2.05) is 19.3 Å². The highest BCUT2D eigenvalue weighted by Gasteiger charge is 2.38. The van der Waals surface area contributed by atoms with Gasteiger partial charge in [-0.25, -0.2) is 0 Å². The van der Waals surface area contributed by atoms with Crippen LogP contribution in [0.15, 0.2) is 23.1 Å². The molecule has 3 fully saturated rings. The zero-order valence-corrected chi connectivity index (χ0v) is 18.1. The maximum atomic E-state index is 11.9. The Kier molecular flexibility index (Phi) is 8.23. The maximum Gasteiger partial charge on any atom is 0.250 e. The number of piperidine rings is 2. The van der Waals surface area contributed by atoms with Gasteiger partial charge in [0.1, 0.15) is 0 Å². The van der Waals surface area contributed by atoms with Crippen LogP contribution in [0.25, 0.3) is 0 Å². The quantitative estimate of drug-likeness (QED) is 0.799. The van der Waals surface area contributed by atoms with Crippen LogP contribution in [0.5, 0.6) is 0 Å². The van der Waals surface area contributed by atoms with Crippen LogP contribution in [-0.2, 0) is 7.05 Å². The molecule has 6 heteroatoms. The molecule has 1 aromatic heterocycles. The SMILES string of the molecule is Cl.Cl.Cn1ccc(C2CCN(C3CCC4(CCNCC4)CC3)CC2)cc1=O. The highest BCUT2D eigenvalue weighted by Crippen LogP contribution is 2.44. The zero-order valence-electron chi connectivity index (χ0n) is 16.5. The Morgan fingerprint density at radius 3 is 2.22 bits per heavy atom. The van der Waals surface area contributed by atoms with Gasteiger partial charge in [-0.2, -0.15) is 0 Å². The Bertz CT molecular complexity index is 639. The molecule has 4 rings (SSSR count). The Hall–Kier alpha value is -0.550. The third-order valence-electron chi connectivity index (χ3n) is 7.33. The van der Waals surface area contributed by atoms with Crippen molar-refractivity contribution in [3.63, 3.8) is 0 Å². The molecule has 1 N–H and O–H groups in total. The van der Waals surface area contributed by atoms with Crippen LogP contribution < -0.4 is 10.9 Å². The largest absolute Gasteiger partial charge is 0.319 e. The summed E-state index contributed by atoms with van der Waals surface area (Å²) in [6.45, 7) is 4.87. The van der Waals surface area contributed by atoms with Crippen molar-refractivity contribution in [3.8, 4) is 0 Å². The second kappa shape index (κ2) is 9.78. The third-order valence-corrected chi connectivity index (χ3v) is 7.33. The lowest BCUT2D eigenvalue weighted by molar-refractivity contribution is 0.0533. The summed E-state index contributed by atoms with van der Waals surface area (Å²) >= 11 is 0. The van der Waals surface area contributed by atoms with Crippen LogP contribution in [0.3, 0.4) is 0 Å². The van der Waals surface area contributed by atoms with Gasteiger partial charge in [-0.15, -0.1) is 24.8 Å². The van der Waals surface area contributed by atoms with Gasteiger partial charge in [-0.3, -0.25) is 4.79 Å². The smallest absolute Gasteiger partial charge is 0.250 e. The van der Waals surface area contributed by atoms with E-state index >= 15 is 0 Å². The number of pyridine rings is 1. The number of nitrogens with zero attached hydrogens (tertiary/aromatic N) is 2. The minimum atomic E-state index is 0.